The number of rotatable bonds is 12. The molecule has 1 unspecified atom stereocenters. The third kappa shape index (κ3) is 6.76. The highest BCUT2D eigenvalue weighted by atomic mass is 35.5. The van der Waals surface area contributed by atoms with Gasteiger partial charge in [0.2, 0.25) is 5.56 Å². The molecule has 0 saturated heterocycles. The lowest BCUT2D eigenvalue weighted by atomic mass is 10.1. The SMILES string of the molecule is O=c1ccc2ccc(OCCCCOC3C=Cc4ccc(OCCCCCl)cc4N3)cc2[nH]1. The van der Waals surface area contributed by atoms with Crippen LogP contribution in [0, 0.1) is 0 Å². The van der Waals surface area contributed by atoms with Gasteiger partial charge >= 0.3 is 0 Å². The summed E-state index contributed by atoms with van der Waals surface area (Å²) < 4.78 is 17.6. The van der Waals surface area contributed by atoms with Crippen LogP contribution in [0.4, 0.5) is 5.69 Å². The minimum atomic E-state index is -0.165. The minimum absolute atomic E-state index is 0.115. The Bertz CT molecular complexity index is 1140. The van der Waals surface area contributed by atoms with Crippen molar-refractivity contribution in [2.24, 2.45) is 0 Å². The molecule has 0 fully saturated rings. The van der Waals surface area contributed by atoms with Gasteiger partial charge in [-0.25, -0.2) is 0 Å². The Balaban J connectivity index is 1.16. The zero-order valence-corrected chi connectivity index (χ0v) is 19.3. The van der Waals surface area contributed by atoms with Crippen LogP contribution in [0.1, 0.15) is 31.2 Å². The molecule has 3 aromatic rings. The standard InChI is InChI=1S/C26H29ClN2O4/c27-13-1-2-14-31-22-10-6-20-8-12-26(29-24(20)18-22)33-16-4-3-15-32-21-9-5-19-7-11-25(30)28-23(19)17-21/h5-12,17-18,26,29H,1-4,13-16H2,(H,28,30). The Morgan fingerprint density at radius 1 is 0.848 bits per heavy atom. The fourth-order valence-corrected chi connectivity index (χ4v) is 3.78. The van der Waals surface area contributed by atoms with Crippen LogP contribution in [0.3, 0.4) is 0 Å². The molecular weight excluding hydrogens is 440 g/mol. The molecule has 1 aliphatic rings. The quantitative estimate of drug-likeness (QED) is 0.268. The Morgan fingerprint density at radius 2 is 1.58 bits per heavy atom. The summed E-state index contributed by atoms with van der Waals surface area (Å²) in [6.07, 6.45) is 7.59. The van der Waals surface area contributed by atoms with Crippen LogP contribution in [-0.4, -0.2) is 36.9 Å². The molecule has 2 heterocycles. The van der Waals surface area contributed by atoms with E-state index in [9.17, 15) is 4.79 Å². The molecule has 1 aromatic heterocycles. The van der Waals surface area contributed by atoms with Gasteiger partial charge in [0.25, 0.3) is 0 Å². The summed E-state index contributed by atoms with van der Waals surface area (Å²) in [7, 11) is 0. The van der Waals surface area contributed by atoms with E-state index in [1.54, 1.807) is 6.07 Å². The average Bonchev–Trinajstić information content (AvgIpc) is 2.83. The van der Waals surface area contributed by atoms with E-state index in [1.807, 2.05) is 42.5 Å². The highest BCUT2D eigenvalue weighted by molar-refractivity contribution is 6.17. The summed E-state index contributed by atoms with van der Waals surface area (Å²) >= 11 is 5.71. The predicted molar refractivity (Wildman–Crippen MR) is 134 cm³/mol. The van der Waals surface area contributed by atoms with E-state index in [0.29, 0.717) is 25.7 Å². The Morgan fingerprint density at radius 3 is 2.42 bits per heavy atom. The predicted octanol–water partition coefficient (Wildman–Crippen LogP) is 5.57. The van der Waals surface area contributed by atoms with Crippen LogP contribution < -0.4 is 20.3 Å². The summed E-state index contributed by atoms with van der Waals surface area (Å²) in [5.41, 5.74) is 2.79. The number of unbranched alkanes of at least 4 members (excludes halogenated alkanes) is 2. The van der Waals surface area contributed by atoms with Gasteiger partial charge in [-0.05, 0) is 73.0 Å². The molecule has 2 N–H and O–H groups in total. The number of nitrogens with one attached hydrogen (secondary N) is 2. The molecule has 2 aromatic carbocycles. The van der Waals surface area contributed by atoms with E-state index in [4.69, 9.17) is 25.8 Å². The Hall–Kier alpha value is -2.96. The number of anilines is 1. The molecule has 0 spiro atoms. The Labute approximate surface area is 198 Å². The fraction of sp³-hybridized carbons (Fsp3) is 0.346. The maximum Gasteiger partial charge on any atom is 0.248 e. The average molecular weight is 469 g/mol. The zero-order valence-electron chi connectivity index (χ0n) is 18.5. The molecule has 1 atom stereocenters. The van der Waals surface area contributed by atoms with Crippen LogP contribution in [0.25, 0.3) is 17.0 Å². The summed E-state index contributed by atoms with van der Waals surface area (Å²) in [5, 5.41) is 4.39. The van der Waals surface area contributed by atoms with Gasteiger partial charge in [-0.15, -0.1) is 11.6 Å². The molecular formula is C26H29ClN2O4. The van der Waals surface area contributed by atoms with E-state index in [1.165, 1.54) is 6.07 Å². The molecule has 0 saturated carbocycles. The molecule has 0 radical (unpaired) electrons. The number of fused-ring (bicyclic) bond motifs is 2. The second-order valence-electron chi connectivity index (χ2n) is 7.92. The monoisotopic (exact) mass is 468 g/mol. The number of pyridine rings is 1. The molecule has 6 nitrogen and oxygen atoms in total. The van der Waals surface area contributed by atoms with E-state index in [0.717, 1.165) is 59.3 Å². The Kier molecular flexibility index (Phi) is 8.28. The van der Waals surface area contributed by atoms with Crippen molar-refractivity contribution in [3.63, 3.8) is 0 Å². The van der Waals surface area contributed by atoms with E-state index in [-0.39, 0.29) is 11.8 Å². The second kappa shape index (κ2) is 11.8. The third-order valence-electron chi connectivity index (χ3n) is 5.37. The lowest BCUT2D eigenvalue weighted by molar-refractivity contribution is 0.0969. The number of hydrogen-bond donors (Lipinski definition) is 2. The molecule has 33 heavy (non-hydrogen) atoms. The summed E-state index contributed by atoms with van der Waals surface area (Å²) in [6, 6.07) is 15.1. The van der Waals surface area contributed by atoms with Crippen LogP contribution in [0.2, 0.25) is 0 Å². The lowest BCUT2D eigenvalue weighted by Crippen LogP contribution is -2.24. The van der Waals surface area contributed by atoms with Gasteiger partial charge < -0.3 is 24.5 Å². The first-order valence-corrected chi connectivity index (χ1v) is 11.9. The highest BCUT2D eigenvalue weighted by Gasteiger charge is 2.13. The van der Waals surface area contributed by atoms with Crippen molar-refractivity contribution < 1.29 is 14.2 Å². The molecule has 7 heteroatoms. The molecule has 4 rings (SSSR count). The number of ether oxygens (including phenoxy) is 3. The number of alkyl halides is 1. The van der Waals surface area contributed by atoms with Gasteiger partial charge in [-0.3, -0.25) is 4.79 Å². The number of H-pyrrole nitrogens is 1. The number of aromatic amines is 1. The molecule has 174 valence electrons. The molecule has 1 aliphatic heterocycles. The van der Waals surface area contributed by atoms with Crippen LogP contribution in [-0.2, 0) is 4.74 Å². The fourth-order valence-electron chi connectivity index (χ4n) is 3.59. The summed E-state index contributed by atoms with van der Waals surface area (Å²) in [4.78, 5) is 14.3. The zero-order chi connectivity index (χ0) is 22.9. The van der Waals surface area contributed by atoms with E-state index >= 15 is 0 Å². The van der Waals surface area contributed by atoms with Gasteiger partial charge in [0.1, 0.15) is 17.7 Å². The van der Waals surface area contributed by atoms with E-state index < -0.39 is 0 Å². The second-order valence-corrected chi connectivity index (χ2v) is 8.29. The van der Waals surface area contributed by atoms with Crippen molar-refractivity contribution in [2.75, 3.05) is 31.0 Å². The maximum absolute atomic E-state index is 11.5. The number of hydrogen-bond acceptors (Lipinski definition) is 5. The summed E-state index contributed by atoms with van der Waals surface area (Å²) in [5.74, 6) is 2.26. The minimum Gasteiger partial charge on any atom is -0.494 e. The smallest absolute Gasteiger partial charge is 0.248 e. The largest absolute Gasteiger partial charge is 0.494 e. The van der Waals surface area contributed by atoms with Crippen LogP contribution >= 0.6 is 11.6 Å². The van der Waals surface area contributed by atoms with E-state index in [2.05, 4.69) is 16.4 Å². The van der Waals surface area contributed by atoms with Gasteiger partial charge in [0.05, 0.1) is 18.7 Å². The number of halogens is 1. The highest BCUT2D eigenvalue weighted by Crippen LogP contribution is 2.28. The van der Waals surface area contributed by atoms with Gasteiger partial charge in [0.15, 0.2) is 0 Å². The molecule has 0 aliphatic carbocycles. The lowest BCUT2D eigenvalue weighted by Gasteiger charge is -2.23. The van der Waals surface area contributed by atoms with Crippen LogP contribution in [0.5, 0.6) is 11.5 Å². The van der Waals surface area contributed by atoms with Crippen molar-refractivity contribution >= 4 is 34.3 Å². The van der Waals surface area contributed by atoms with Gasteiger partial charge in [-0.1, -0.05) is 6.08 Å². The number of benzene rings is 2. The molecule has 0 amide bonds. The van der Waals surface area contributed by atoms with Crippen molar-refractivity contribution in [1.29, 1.82) is 0 Å². The van der Waals surface area contributed by atoms with Gasteiger partial charge in [-0.2, -0.15) is 0 Å². The first-order valence-electron chi connectivity index (χ1n) is 11.4. The maximum atomic E-state index is 11.5. The number of aromatic nitrogens is 1. The van der Waals surface area contributed by atoms with Crippen molar-refractivity contribution in [1.82, 2.24) is 4.98 Å². The molecule has 0 bridgehead atoms. The van der Waals surface area contributed by atoms with Gasteiger partial charge in [0, 0.05) is 36.4 Å². The normalized spacial score (nSPS) is 14.6. The first-order chi connectivity index (χ1) is 16.2. The van der Waals surface area contributed by atoms with Crippen molar-refractivity contribution in [3.05, 3.63) is 70.5 Å². The first kappa shape index (κ1) is 23.2. The summed E-state index contributed by atoms with van der Waals surface area (Å²) in [6.45, 7) is 1.88. The topological polar surface area (TPSA) is 72.6 Å². The van der Waals surface area contributed by atoms with Crippen LogP contribution in [0.15, 0.2) is 59.4 Å². The van der Waals surface area contributed by atoms with Crippen molar-refractivity contribution in [2.45, 2.75) is 31.9 Å². The van der Waals surface area contributed by atoms with Crippen molar-refractivity contribution in [3.8, 4) is 11.5 Å². The third-order valence-corrected chi connectivity index (χ3v) is 5.64.